The zero-order valence-corrected chi connectivity index (χ0v) is 18.1. The van der Waals surface area contributed by atoms with Crippen LogP contribution in [0.15, 0.2) is 77.3 Å². The van der Waals surface area contributed by atoms with E-state index < -0.39 is 5.91 Å². The molecule has 2 aromatic carbocycles. The van der Waals surface area contributed by atoms with Crippen LogP contribution in [0.4, 0.5) is 11.4 Å². The highest BCUT2D eigenvalue weighted by atomic mass is 16.5. The summed E-state index contributed by atoms with van der Waals surface area (Å²) >= 11 is 0. The summed E-state index contributed by atoms with van der Waals surface area (Å²) in [5.74, 6) is 1.28. The van der Waals surface area contributed by atoms with Gasteiger partial charge in [0.1, 0.15) is 23.9 Å². The first-order valence-corrected chi connectivity index (χ1v) is 10.1. The zero-order valence-electron chi connectivity index (χ0n) is 18.1. The average molecular weight is 446 g/mol. The fraction of sp³-hybridized carbons (Fsp3) is 0.125. The lowest BCUT2D eigenvalue weighted by Gasteiger charge is -2.07. The molecule has 0 atom stereocenters. The number of furan rings is 1. The quantitative estimate of drug-likeness (QED) is 0.422. The molecule has 2 amide bonds. The van der Waals surface area contributed by atoms with E-state index >= 15 is 0 Å². The van der Waals surface area contributed by atoms with Crippen LogP contribution in [0.1, 0.15) is 26.8 Å². The molecule has 0 saturated carbocycles. The normalized spacial score (nSPS) is 10.5. The molecule has 9 nitrogen and oxygen atoms in total. The topological polar surface area (TPSA) is 108 Å². The summed E-state index contributed by atoms with van der Waals surface area (Å²) in [5, 5.41) is 9.57. The maximum absolute atomic E-state index is 12.5. The van der Waals surface area contributed by atoms with Gasteiger partial charge in [-0.25, -0.2) is 0 Å². The Balaban J connectivity index is 1.31. The Kier molecular flexibility index (Phi) is 6.40. The first-order chi connectivity index (χ1) is 16.0. The van der Waals surface area contributed by atoms with Crippen LogP contribution < -0.4 is 20.1 Å². The van der Waals surface area contributed by atoms with Gasteiger partial charge in [0.05, 0.1) is 7.11 Å². The van der Waals surface area contributed by atoms with E-state index in [1.165, 1.54) is 0 Å². The SMILES string of the molecule is COc1cccc(OCc2ccc(C(=O)Nc3ccc(NC(=O)c4ccn(C)n4)cc3)o2)c1. The fourth-order valence-electron chi connectivity index (χ4n) is 2.98. The molecule has 0 fully saturated rings. The highest BCUT2D eigenvalue weighted by Gasteiger charge is 2.13. The Morgan fingerprint density at radius 2 is 1.64 bits per heavy atom. The summed E-state index contributed by atoms with van der Waals surface area (Å²) in [6, 6.07) is 18.9. The Hall–Kier alpha value is -4.53. The third-order valence-corrected chi connectivity index (χ3v) is 4.65. The van der Waals surface area contributed by atoms with Crippen LogP contribution in [0.25, 0.3) is 0 Å². The van der Waals surface area contributed by atoms with E-state index in [0.717, 1.165) is 0 Å². The predicted molar refractivity (Wildman–Crippen MR) is 122 cm³/mol. The van der Waals surface area contributed by atoms with Gasteiger partial charge in [0.2, 0.25) is 0 Å². The molecule has 9 heteroatoms. The molecule has 0 spiro atoms. The molecule has 0 bridgehead atoms. The summed E-state index contributed by atoms with van der Waals surface area (Å²) in [6.45, 7) is 0.172. The first kappa shape index (κ1) is 21.7. The smallest absolute Gasteiger partial charge is 0.291 e. The van der Waals surface area contributed by atoms with E-state index in [0.29, 0.717) is 34.3 Å². The van der Waals surface area contributed by atoms with E-state index in [1.807, 2.05) is 18.2 Å². The average Bonchev–Trinajstić information content (AvgIpc) is 3.48. The van der Waals surface area contributed by atoms with Crippen molar-refractivity contribution in [1.82, 2.24) is 9.78 Å². The van der Waals surface area contributed by atoms with Crippen LogP contribution in [-0.4, -0.2) is 28.7 Å². The number of aromatic nitrogens is 2. The second-order valence-corrected chi connectivity index (χ2v) is 7.09. The van der Waals surface area contributed by atoms with Gasteiger partial charge < -0.3 is 24.5 Å². The van der Waals surface area contributed by atoms with Crippen LogP contribution in [0.2, 0.25) is 0 Å². The van der Waals surface area contributed by atoms with Gasteiger partial charge in [-0.15, -0.1) is 0 Å². The number of carbonyl (C=O) groups excluding carboxylic acids is 2. The number of methoxy groups -OCH3 is 1. The number of carbonyl (C=O) groups is 2. The highest BCUT2D eigenvalue weighted by Crippen LogP contribution is 2.21. The number of anilines is 2. The Bertz CT molecular complexity index is 1260. The third kappa shape index (κ3) is 5.59. The molecule has 4 rings (SSSR count). The lowest BCUT2D eigenvalue weighted by molar-refractivity contribution is 0.0990. The molecule has 0 aliphatic rings. The van der Waals surface area contributed by atoms with Crippen LogP contribution in [-0.2, 0) is 13.7 Å². The molecule has 0 saturated heterocycles. The van der Waals surface area contributed by atoms with Gasteiger partial charge in [-0.05, 0) is 54.6 Å². The maximum atomic E-state index is 12.5. The number of hydrogen-bond acceptors (Lipinski definition) is 6. The number of nitrogens with one attached hydrogen (secondary N) is 2. The van der Waals surface area contributed by atoms with Crippen LogP contribution in [0.5, 0.6) is 11.5 Å². The molecule has 2 aromatic heterocycles. The minimum atomic E-state index is -0.395. The summed E-state index contributed by atoms with van der Waals surface area (Å²) < 4.78 is 18.0. The predicted octanol–water partition coefficient (Wildman–Crippen LogP) is 4.11. The molecule has 2 N–H and O–H groups in total. The van der Waals surface area contributed by atoms with Crippen molar-refractivity contribution in [3.05, 3.63) is 90.1 Å². The first-order valence-electron chi connectivity index (χ1n) is 10.1. The van der Waals surface area contributed by atoms with Gasteiger partial charge in [0.25, 0.3) is 11.8 Å². The minimum absolute atomic E-state index is 0.159. The number of amides is 2. The standard InChI is InChI=1S/C24H22N4O5/c1-28-13-12-21(27-28)23(29)25-16-6-8-17(9-7-16)26-24(30)22-11-10-20(33-22)15-32-19-5-3-4-18(14-19)31-2/h3-14H,15H2,1-2H3,(H,25,29)(H,26,30). The lowest BCUT2D eigenvalue weighted by atomic mass is 10.2. The summed E-state index contributed by atoms with van der Waals surface area (Å²) in [5.41, 5.74) is 1.46. The van der Waals surface area contributed by atoms with Gasteiger partial charge in [0, 0.05) is 30.7 Å². The number of ether oxygens (including phenoxy) is 2. The maximum Gasteiger partial charge on any atom is 0.291 e. The van der Waals surface area contributed by atoms with Gasteiger partial charge in [0.15, 0.2) is 11.5 Å². The summed E-state index contributed by atoms with van der Waals surface area (Å²) in [7, 11) is 3.33. The van der Waals surface area contributed by atoms with Crippen LogP contribution in [0, 0.1) is 0 Å². The lowest BCUT2D eigenvalue weighted by Crippen LogP contribution is -2.13. The number of hydrogen-bond donors (Lipinski definition) is 2. The number of nitrogens with zero attached hydrogens (tertiary/aromatic N) is 2. The molecular formula is C24H22N4O5. The van der Waals surface area contributed by atoms with Crippen molar-refractivity contribution in [2.45, 2.75) is 6.61 Å². The van der Waals surface area contributed by atoms with Crippen molar-refractivity contribution in [1.29, 1.82) is 0 Å². The Morgan fingerprint density at radius 1 is 0.939 bits per heavy atom. The second-order valence-electron chi connectivity index (χ2n) is 7.09. The molecule has 0 unspecified atom stereocenters. The fourth-order valence-corrected chi connectivity index (χ4v) is 2.98. The third-order valence-electron chi connectivity index (χ3n) is 4.65. The van der Waals surface area contributed by atoms with Gasteiger partial charge in [-0.3, -0.25) is 14.3 Å². The zero-order chi connectivity index (χ0) is 23.2. The molecule has 2 heterocycles. The van der Waals surface area contributed by atoms with Crippen molar-refractivity contribution in [2.24, 2.45) is 7.05 Å². The molecule has 0 radical (unpaired) electrons. The van der Waals surface area contributed by atoms with Gasteiger partial charge >= 0.3 is 0 Å². The second kappa shape index (κ2) is 9.73. The largest absolute Gasteiger partial charge is 0.497 e. The van der Waals surface area contributed by atoms with Crippen molar-refractivity contribution >= 4 is 23.2 Å². The van der Waals surface area contributed by atoms with Gasteiger partial charge in [-0.2, -0.15) is 5.10 Å². The Morgan fingerprint density at radius 3 is 2.30 bits per heavy atom. The molecule has 4 aromatic rings. The molecule has 0 aliphatic carbocycles. The van der Waals surface area contributed by atoms with E-state index in [9.17, 15) is 9.59 Å². The van der Waals surface area contributed by atoms with Crippen molar-refractivity contribution in [2.75, 3.05) is 17.7 Å². The Labute approximate surface area is 189 Å². The monoisotopic (exact) mass is 446 g/mol. The number of aryl methyl sites for hydroxylation is 1. The molecule has 0 aliphatic heterocycles. The van der Waals surface area contributed by atoms with Crippen molar-refractivity contribution in [3.63, 3.8) is 0 Å². The van der Waals surface area contributed by atoms with Crippen molar-refractivity contribution in [3.8, 4) is 11.5 Å². The molecule has 33 heavy (non-hydrogen) atoms. The summed E-state index contributed by atoms with van der Waals surface area (Å²) in [6.07, 6.45) is 1.69. The molecular weight excluding hydrogens is 424 g/mol. The summed E-state index contributed by atoms with van der Waals surface area (Å²) in [4.78, 5) is 24.7. The van der Waals surface area contributed by atoms with Crippen LogP contribution >= 0.6 is 0 Å². The highest BCUT2D eigenvalue weighted by molar-refractivity contribution is 6.04. The van der Waals surface area contributed by atoms with Crippen LogP contribution in [0.3, 0.4) is 0 Å². The van der Waals surface area contributed by atoms with Gasteiger partial charge in [-0.1, -0.05) is 6.07 Å². The van der Waals surface area contributed by atoms with E-state index in [1.54, 1.807) is 73.6 Å². The number of rotatable bonds is 8. The van der Waals surface area contributed by atoms with Crippen molar-refractivity contribution < 1.29 is 23.5 Å². The van der Waals surface area contributed by atoms with E-state index in [2.05, 4.69) is 15.7 Å². The van der Waals surface area contributed by atoms with E-state index in [4.69, 9.17) is 13.9 Å². The van der Waals surface area contributed by atoms with E-state index in [-0.39, 0.29) is 18.3 Å². The molecule has 168 valence electrons. The number of benzene rings is 2. The minimum Gasteiger partial charge on any atom is -0.497 e.